The Labute approximate surface area is 167 Å². The second-order valence-electron chi connectivity index (χ2n) is 7.60. The maximum Gasteiger partial charge on any atom is 0.225 e. The topological polar surface area (TPSA) is 102 Å². The molecular formula is C20H23FN6O2. The van der Waals surface area contributed by atoms with E-state index in [-0.39, 0.29) is 5.82 Å². The fourth-order valence-electron chi connectivity index (χ4n) is 2.99. The first-order valence-electron chi connectivity index (χ1n) is 9.21. The average molecular weight is 398 g/mol. The highest BCUT2D eigenvalue weighted by molar-refractivity contribution is 5.77. The van der Waals surface area contributed by atoms with Crippen LogP contribution in [0.3, 0.4) is 0 Å². The van der Waals surface area contributed by atoms with Gasteiger partial charge in [0, 0.05) is 25.9 Å². The number of H-pyrrole nitrogens is 1. The quantitative estimate of drug-likeness (QED) is 0.696. The molecule has 0 spiro atoms. The van der Waals surface area contributed by atoms with Gasteiger partial charge in [-0.15, -0.1) is 0 Å². The van der Waals surface area contributed by atoms with E-state index < -0.39 is 11.8 Å². The summed E-state index contributed by atoms with van der Waals surface area (Å²) >= 11 is 0. The molecule has 1 fully saturated rings. The summed E-state index contributed by atoms with van der Waals surface area (Å²) < 4.78 is 24.9. The summed E-state index contributed by atoms with van der Waals surface area (Å²) in [5.41, 5.74) is 8.21. The highest BCUT2D eigenvalue weighted by atomic mass is 19.1. The van der Waals surface area contributed by atoms with Crippen LogP contribution in [0.5, 0.6) is 0 Å². The van der Waals surface area contributed by atoms with Crippen LogP contribution in [-0.2, 0) is 9.47 Å². The molecule has 3 aromatic rings. The zero-order chi connectivity index (χ0) is 20.6. The molecule has 152 valence electrons. The van der Waals surface area contributed by atoms with Crippen LogP contribution >= 0.6 is 0 Å². The molecule has 4 rings (SSSR count). The summed E-state index contributed by atoms with van der Waals surface area (Å²) in [6.45, 7) is 2.56. The van der Waals surface area contributed by atoms with Crippen molar-refractivity contribution in [3.8, 4) is 22.6 Å². The fraction of sp³-hybridized carbons (Fsp3) is 0.350. The maximum atomic E-state index is 13.4. The van der Waals surface area contributed by atoms with E-state index in [0.29, 0.717) is 42.1 Å². The van der Waals surface area contributed by atoms with Gasteiger partial charge in [0.25, 0.3) is 0 Å². The van der Waals surface area contributed by atoms with Gasteiger partial charge in [0.05, 0.1) is 35.8 Å². The molecule has 0 atom stereocenters. The van der Waals surface area contributed by atoms with Crippen LogP contribution in [0.2, 0.25) is 0 Å². The highest BCUT2D eigenvalue weighted by Crippen LogP contribution is 2.33. The van der Waals surface area contributed by atoms with Gasteiger partial charge in [0.15, 0.2) is 5.82 Å². The number of aromatic nitrogens is 4. The van der Waals surface area contributed by atoms with Gasteiger partial charge in [-0.05, 0) is 37.3 Å². The molecular weight excluding hydrogens is 375 g/mol. The average Bonchev–Trinajstić information content (AvgIpc) is 3.14. The van der Waals surface area contributed by atoms with Gasteiger partial charge in [0.1, 0.15) is 5.82 Å². The number of imidazole rings is 1. The van der Waals surface area contributed by atoms with Gasteiger partial charge < -0.3 is 25.1 Å². The third-order valence-electron chi connectivity index (χ3n) is 4.49. The third kappa shape index (κ3) is 4.12. The Morgan fingerprint density at radius 3 is 2.48 bits per heavy atom. The minimum absolute atomic E-state index is 0.316. The molecule has 0 bridgehead atoms. The number of nitrogens with two attached hydrogens (primary N) is 1. The first kappa shape index (κ1) is 19.4. The van der Waals surface area contributed by atoms with Crippen molar-refractivity contribution >= 4 is 5.95 Å². The number of nitrogens with one attached hydrogen (secondary N) is 1. The first-order valence-corrected chi connectivity index (χ1v) is 9.21. The molecule has 1 aromatic carbocycles. The Hall–Kier alpha value is -2.88. The highest BCUT2D eigenvalue weighted by Gasteiger charge is 2.32. The zero-order valence-corrected chi connectivity index (χ0v) is 16.5. The molecule has 29 heavy (non-hydrogen) atoms. The van der Waals surface area contributed by atoms with Crippen LogP contribution in [0.1, 0.15) is 19.0 Å². The minimum atomic E-state index is -0.672. The third-order valence-corrected chi connectivity index (χ3v) is 4.49. The molecule has 9 heteroatoms. The van der Waals surface area contributed by atoms with Gasteiger partial charge >= 0.3 is 0 Å². The van der Waals surface area contributed by atoms with E-state index in [4.69, 9.17) is 15.2 Å². The second kappa shape index (κ2) is 7.51. The van der Waals surface area contributed by atoms with E-state index >= 15 is 0 Å². The lowest BCUT2D eigenvalue weighted by atomic mass is 10.1. The van der Waals surface area contributed by atoms with Crippen molar-refractivity contribution in [2.24, 2.45) is 5.73 Å². The van der Waals surface area contributed by atoms with Crippen molar-refractivity contribution in [3.63, 3.8) is 0 Å². The lowest BCUT2D eigenvalue weighted by Gasteiger charge is -2.33. The molecule has 3 N–H and O–H groups in total. The van der Waals surface area contributed by atoms with Crippen LogP contribution in [-0.4, -0.2) is 52.8 Å². The monoisotopic (exact) mass is 398 g/mol. The van der Waals surface area contributed by atoms with E-state index in [1.54, 1.807) is 24.4 Å². The molecule has 2 aromatic heterocycles. The van der Waals surface area contributed by atoms with Crippen molar-refractivity contribution in [1.82, 2.24) is 19.9 Å². The summed E-state index contributed by atoms with van der Waals surface area (Å²) in [6.07, 6.45) is 1.01. The molecule has 1 aliphatic heterocycles. The predicted molar refractivity (Wildman–Crippen MR) is 107 cm³/mol. The summed E-state index contributed by atoms with van der Waals surface area (Å²) in [6, 6.07) is 7.92. The predicted octanol–water partition coefficient (Wildman–Crippen LogP) is 2.50. The van der Waals surface area contributed by atoms with E-state index in [0.717, 1.165) is 5.56 Å². The second-order valence-corrected chi connectivity index (χ2v) is 7.60. The van der Waals surface area contributed by atoms with Crippen LogP contribution < -0.4 is 10.6 Å². The molecule has 1 saturated heterocycles. The van der Waals surface area contributed by atoms with Crippen LogP contribution in [0.4, 0.5) is 10.3 Å². The number of nitrogens with zero attached hydrogens (tertiary/aromatic N) is 4. The first-order chi connectivity index (χ1) is 13.8. The Morgan fingerprint density at radius 2 is 1.83 bits per heavy atom. The van der Waals surface area contributed by atoms with E-state index in [1.807, 2.05) is 25.9 Å². The lowest BCUT2D eigenvalue weighted by molar-refractivity contribution is -0.211. The summed E-state index contributed by atoms with van der Waals surface area (Å²) in [4.78, 5) is 18.6. The normalized spacial score (nSPS) is 21.9. The molecule has 0 unspecified atom stereocenters. The number of anilines is 1. The van der Waals surface area contributed by atoms with Crippen LogP contribution in [0.25, 0.3) is 22.6 Å². The van der Waals surface area contributed by atoms with Crippen molar-refractivity contribution in [1.29, 1.82) is 0 Å². The Balaban J connectivity index is 1.77. The van der Waals surface area contributed by atoms with Crippen molar-refractivity contribution < 1.29 is 13.9 Å². The number of halogens is 1. The van der Waals surface area contributed by atoms with Gasteiger partial charge in [-0.25, -0.2) is 19.3 Å². The van der Waals surface area contributed by atoms with E-state index in [1.165, 1.54) is 12.1 Å². The molecule has 0 saturated carbocycles. The summed E-state index contributed by atoms with van der Waals surface area (Å²) in [5, 5.41) is 0. The number of ether oxygens (including phenoxy) is 2. The standard InChI is InChI=1S/C20H23FN6O2/c1-20(22)10-28-18(29-11-20)17-25-15(12-4-6-13(21)7-5-12)16(26-17)14-8-9-23-19(24-14)27(2)3/h4-9,18H,10-11,22H2,1-3H3,(H,25,26). The molecule has 0 amide bonds. The molecule has 8 nitrogen and oxygen atoms in total. The minimum Gasteiger partial charge on any atom is -0.347 e. The smallest absolute Gasteiger partial charge is 0.225 e. The SMILES string of the molecule is CN(C)c1nccc(-c2[nH]c(C3OCC(C)(N)CO3)nc2-c2ccc(F)cc2)n1. The summed E-state index contributed by atoms with van der Waals surface area (Å²) in [5.74, 6) is 0.747. The van der Waals surface area contributed by atoms with Gasteiger partial charge in [-0.1, -0.05) is 0 Å². The molecule has 0 radical (unpaired) electrons. The number of benzene rings is 1. The van der Waals surface area contributed by atoms with Gasteiger partial charge in [-0.2, -0.15) is 0 Å². The van der Waals surface area contributed by atoms with Crippen molar-refractivity contribution in [2.75, 3.05) is 32.2 Å². The summed E-state index contributed by atoms with van der Waals surface area (Å²) in [7, 11) is 3.73. The van der Waals surface area contributed by atoms with Crippen molar-refractivity contribution in [2.45, 2.75) is 18.8 Å². The number of hydrogen-bond acceptors (Lipinski definition) is 7. The number of aromatic amines is 1. The zero-order valence-electron chi connectivity index (χ0n) is 16.5. The Bertz CT molecular complexity index is 992. The number of hydrogen-bond donors (Lipinski definition) is 2. The molecule has 1 aliphatic rings. The number of rotatable bonds is 4. The Morgan fingerprint density at radius 1 is 1.14 bits per heavy atom. The fourth-order valence-corrected chi connectivity index (χ4v) is 2.99. The van der Waals surface area contributed by atoms with Crippen LogP contribution in [0.15, 0.2) is 36.5 Å². The van der Waals surface area contributed by atoms with E-state index in [2.05, 4.69) is 19.9 Å². The van der Waals surface area contributed by atoms with Gasteiger partial charge in [0.2, 0.25) is 12.2 Å². The lowest BCUT2D eigenvalue weighted by Crippen LogP contribution is -2.50. The van der Waals surface area contributed by atoms with Gasteiger partial charge in [-0.3, -0.25) is 0 Å². The largest absolute Gasteiger partial charge is 0.347 e. The van der Waals surface area contributed by atoms with Crippen LogP contribution in [0, 0.1) is 5.82 Å². The van der Waals surface area contributed by atoms with Crippen molar-refractivity contribution in [3.05, 3.63) is 48.2 Å². The molecule has 3 heterocycles. The van der Waals surface area contributed by atoms with E-state index in [9.17, 15) is 4.39 Å². The Kier molecular flexibility index (Phi) is 5.03. The maximum absolute atomic E-state index is 13.4. The molecule has 0 aliphatic carbocycles.